The molecule has 1 aromatic carbocycles. The van der Waals surface area contributed by atoms with Crippen molar-refractivity contribution in [2.75, 3.05) is 13.2 Å². The summed E-state index contributed by atoms with van der Waals surface area (Å²) >= 11 is 0. The number of rotatable bonds is 5. The van der Waals surface area contributed by atoms with E-state index in [2.05, 4.69) is 0 Å². The molecule has 2 rings (SSSR count). The predicted octanol–water partition coefficient (Wildman–Crippen LogP) is 1.89. The summed E-state index contributed by atoms with van der Waals surface area (Å²) in [6.45, 7) is 1.00. The predicted molar refractivity (Wildman–Crippen MR) is 80.7 cm³/mol. The van der Waals surface area contributed by atoms with Crippen LogP contribution in [0.2, 0.25) is 0 Å². The highest BCUT2D eigenvalue weighted by Crippen LogP contribution is 2.21. The summed E-state index contributed by atoms with van der Waals surface area (Å²) in [7, 11) is 0. The molecule has 1 aromatic rings. The Bertz CT molecular complexity index is 438. The van der Waals surface area contributed by atoms with Crippen molar-refractivity contribution in [2.45, 2.75) is 44.4 Å². The Kier molecular flexibility index (Phi) is 6.02. The number of piperidine rings is 1. The molecule has 2 atom stereocenters. The van der Waals surface area contributed by atoms with Crippen molar-refractivity contribution in [1.82, 2.24) is 4.90 Å². The van der Waals surface area contributed by atoms with Crippen LogP contribution >= 0.6 is 0 Å². The Labute approximate surface area is 125 Å². The van der Waals surface area contributed by atoms with Crippen molar-refractivity contribution in [3.63, 3.8) is 0 Å². The van der Waals surface area contributed by atoms with Crippen molar-refractivity contribution in [3.05, 3.63) is 35.9 Å². The monoisotopic (exact) mass is 292 g/mol. The van der Waals surface area contributed by atoms with Crippen LogP contribution in [0, 0.1) is 0 Å². The van der Waals surface area contributed by atoms with Gasteiger partial charge in [-0.25, -0.2) is 4.79 Å². The SMILES string of the molecule is NC(CCO)C1CCCCN1C(=O)OCc1ccccc1. The molecule has 0 radical (unpaired) electrons. The van der Waals surface area contributed by atoms with Crippen molar-refractivity contribution < 1.29 is 14.6 Å². The van der Waals surface area contributed by atoms with Crippen LogP contribution in [-0.2, 0) is 11.3 Å². The molecule has 0 bridgehead atoms. The van der Waals surface area contributed by atoms with E-state index in [1.165, 1.54) is 0 Å². The minimum atomic E-state index is -0.308. The molecule has 1 aliphatic heterocycles. The summed E-state index contributed by atoms with van der Waals surface area (Å²) in [5, 5.41) is 9.03. The van der Waals surface area contributed by atoms with Crippen molar-refractivity contribution in [2.24, 2.45) is 5.73 Å². The number of hydrogen-bond donors (Lipinski definition) is 2. The van der Waals surface area contributed by atoms with Gasteiger partial charge in [0.2, 0.25) is 0 Å². The Hall–Kier alpha value is -1.59. The third-order valence-electron chi connectivity index (χ3n) is 3.95. The Morgan fingerprint density at radius 1 is 1.38 bits per heavy atom. The van der Waals surface area contributed by atoms with Gasteiger partial charge in [-0.15, -0.1) is 0 Å². The number of amides is 1. The highest BCUT2D eigenvalue weighted by Gasteiger charge is 2.31. The number of benzene rings is 1. The summed E-state index contributed by atoms with van der Waals surface area (Å²) in [5.41, 5.74) is 7.06. The van der Waals surface area contributed by atoms with Gasteiger partial charge in [-0.2, -0.15) is 0 Å². The van der Waals surface area contributed by atoms with Crippen molar-refractivity contribution in [3.8, 4) is 0 Å². The van der Waals surface area contributed by atoms with E-state index in [-0.39, 0.29) is 31.4 Å². The van der Waals surface area contributed by atoms with Gasteiger partial charge in [0.25, 0.3) is 0 Å². The maximum absolute atomic E-state index is 12.3. The van der Waals surface area contributed by atoms with Gasteiger partial charge in [-0.1, -0.05) is 30.3 Å². The average Bonchev–Trinajstić information content (AvgIpc) is 2.54. The molecule has 2 unspecified atom stereocenters. The summed E-state index contributed by atoms with van der Waals surface area (Å²) in [6.07, 6.45) is 3.11. The van der Waals surface area contributed by atoms with E-state index >= 15 is 0 Å². The minimum Gasteiger partial charge on any atom is -0.445 e. The first-order valence-corrected chi connectivity index (χ1v) is 7.56. The number of ether oxygens (including phenoxy) is 1. The van der Waals surface area contributed by atoms with E-state index in [1.807, 2.05) is 30.3 Å². The van der Waals surface area contributed by atoms with Gasteiger partial charge in [0, 0.05) is 19.2 Å². The zero-order chi connectivity index (χ0) is 15.1. The average molecular weight is 292 g/mol. The third-order valence-corrected chi connectivity index (χ3v) is 3.95. The third kappa shape index (κ3) is 4.44. The van der Waals surface area contributed by atoms with Crippen molar-refractivity contribution in [1.29, 1.82) is 0 Å². The fourth-order valence-electron chi connectivity index (χ4n) is 2.77. The first-order valence-electron chi connectivity index (χ1n) is 7.56. The van der Waals surface area contributed by atoms with Crippen LogP contribution in [0.4, 0.5) is 4.79 Å². The molecule has 21 heavy (non-hydrogen) atoms. The topological polar surface area (TPSA) is 75.8 Å². The number of likely N-dealkylation sites (tertiary alicyclic amines) is 1. The molecule has 1 saturated heterocycles. The van der Waals surface area contributed by atoms with Gasteiger partial charge in [-0.05, 0) is 31.2 Å². The maximum atomic E-state index is 12.3. The molecule has 1 aliphatic rings. The number of aliphatic hydroxyl groups is 1. The lowest BCUT2D eigenvalue weighted by Crippen LogP contribution is -2.53. The number of aliphatic hydroxyl groups excluding tert-OH is 1. The Morgan fingerprint density at radius 3 is 2.86 bits per heavy atom. The Morgan fingerprint density at radius 2 is 2.14 bits per heavy atom. The van der Waals surface area contributed by atoms with E-state index in [1.54, 1.807) is 4.90 Å². The van der Waals surface area contributed by atoms with E-state index in [4.69, 9.17) is 15.6 Å². The molecule has 0 spiro atoms. The molecule has 5 heteroatoms. The van der Waals surface area contributed by atoms with Crippen LogP contribution in [0.25, 0.3) is 0 Å². The number of carbonyl (C=O) groups excluding carboxylic acids is 1. The van der Waals surface area contributed by atoms with Gasteiger partial charge >= 0.3 is 6.09 Å². The number of hydrogen-bond acceptors (Lipinski definition) is 4. The lowest BCUT2D eigenvalue weighted by atomic mass is 9.95. The van der Waals surface area contributed by atoms with Crippen LogP contribution in [0.3, 0.4) is 0 Å². The smallest absolute Gasteiger partial charge is 0.410 e. The largest absolute Gasteiger partial charge is 0.445 e. The summed E-state index contributed by atoms with van der Waals surface area (Å²) in [6, 6.07) is 9.40. The van der Waals surface area contributed by atoms with Crippen molar-refractivity contribution >= 4 is 6.09 Å². The van der Waals surface area contributed by atoms with Crippen LogP contribution in [0.15, 0.2) is 30.3 Å². The van der Waals surface area contributed by atoms with Crippen LogP contribution in [0.5, 0.6) is 0 Å². The van der Waals surface area contributed by atoms with Crippen LogP contribution in [-0.4, -0.2) is 41.3 Å². The molecule has 0 saturated carbocycles. The molecule has 3 N–H and O–H groups in total. The molecule has 0 aromatic heterocycles. The second-order valence-electron chi connectivity index (χ2n) is 5.47. The number of nitrogens with zero attached hydrogens (tertiary/aromatic N) is 1. The van der Waals surface area contributed by atoms with E-state index in [0.717, 1.165) is 24.8 Å². The van der Waals surface area contributed by atoms with Gasteiger partial charge < -0.3 is 20.5 Å². The Balaban J connectivity index is 1.92. The zero-order valence-corrected chi connectivity index (χ0v) is 12.3. The fraction of sp³-hybridized carbons (Fsp3) is 0.562. The highest BCUT2D eigenvalue weighted by atomic mass is 16.6. The second kappa shape index (κ2) is 8.00. The van der Waals surface area contributed by atoms with Gasteiger partial charge in [0.05, 0.1) is 6.04 Å². The number of nitrogens with two attached hydrogens (primary N) is 1. The quantitative estimate of drug-likeness (QED) is 0.869. The normalized spacial score (nSPS) is 20.1. The molecular weight excluding hydrogens is 268 g/mol. The fourth-order valence-corrected chi connectivity index (χ4v) is 2.77. The molecule has 1 amide bonds. The molecule has 5 nitrogen and oxygen atoms in total. The molecule has 116 valence electrons. The van der Waals surface area contributed by atoms with Gasteiger partial charge in [0.15, 0.2) is 0 Å². The lowest BCUT2D eigenvalue weighted by Gasteiger charge is -2.38. The standard InChI is InChI=1S/C16H24N2O3/c17-14(9-11-19)15-8-4-5-10-18(15)16(20)21-12-13-6-2-1-3-7-13/h1-3,6-7,14-15,19H,4-5,8-12,17H2. The first kappa shape index (κ1) is 15.8. The lowest BCUT2D eigenvalue weighted by molar-refractivity contribution is 0.0587. The van der Waals surface area contributed by atoms with Gasteiger partial charge in [-0.3, -0.25) is 0 Å². The van der Waals surface area contributed by atoms with E-state index in [0.29, 0.717) is 13.0 Å². The summed E-state index contributed by atoms with van der Waals surface area (Å²) in [4.78, 5) is 14.0. The minimum absolute atomic E-state index is 0.0332. The van der Waals surface area contributed by atoms with Crippen LogP contribution in [0.1, 0.15) is 31.2 Å². The van der Waals surface area contributed by atoms with Crippen LogP contribution < -0.4 is 5.73 Å². The molecule has 1 heterocycles. The number of carbonyl (C=O) groups is 1. The zero-order valence-electron chi connectivity index (χ0n) is 12.3. The summed E-state index contributed by atoms with van der Waals surface area (Å²) < 4.78 is 5.40. The van der Waals surface area contributed by atoms with Gasteiger partial charge in [0.1, 0.15) is 6.61 Å². The summed E-state index contributed by atoms with van der Waals surface area (Å²) in [5.74, 6) is 0. The molecule has 0 aliphatic carbocycles. The highest BCUT2D eigenvalue weighted by molar-refractivity contribution is 5.68. The van der Waals surface area contributed by atoms with E-state index < -0.39 is 0 Å². The maximum Gasteiger partial charge on any atom is 0.410 e. The van der Waals surface area contributed by atoms with E-state index in [9.17, 15) is 4.79 Å². The first-order chi connectivity index (χ1) is 10.2. The molecular formula is C16H24N2O3. The second-order valence-corrected chi connectivity index (χ2v) is 5.47. The molecule has 1 fully saturated rings.